The predicted molar refractivity (Wildman–Crippen MR) is 88.2 cm³/mol. The van der Waals surface area contributed by atoms with Crippen LogP contribution in [-0.2, 0) is 20.0 Å². The lowest BCUT2D eigenvalue weighted by Crippen LogP contribution is -2.48. The van der Waals surface area contributed by atoms with Crippen LogP contribution in [0.2, 0.25) is 0 Å². The Morgan fingerprint density at radius 2 is 1.73 bits per heavy atom. The van der Waals surface area contributed by atoms with Crippen LogP contribution in [-0.4, -0.2) is 59.3 Å². The molecule has 1 heterocycles. The van der Waals surface area contributed by atoms with Gasteiger partial charge in [-0.2, -0.15) is 4.31 Å². The molecule has 0 unspecified atom stereocenters. The van der Waals surface area contributed by atoms with Gasteiger partial charge < -0.3 is 4.90 Å². The second-order valence-electron chi connectivity index (χ2n) is 5.20. The van der Waals surface area contributed by atoms with E-state index in [0.717, 1.165) is 5.69 Å². The van der Waals surface area contributed by atoms with E-state index in [4.69, 9.17) is 0 Å². The fourth-order valence-electron chi connectivity index (χ4n) is 2.30. The third-order valence-corrected chi connectivity index (χ3v) is 6.18. The van der Waals surface area contributed by atoms with E-state index in [1.807, 2.05) is 11.0 Å². The maximum atomic E-state index is 11.6. The Morgan fingerprint density at radius 3 is 2.27 bits per heavy atom. The molecule has 0 bridgehead atoms. The molecule has 124 valence electrons. The third-order valence-electron chi connectivity index (χ3n) is 3.57. The summed E-state index contributed by atoms with van der Waals surface area (Å²) in [6, 6.07) is 7.14. The van der Waals surface area contributed by atoms with Gasteiger partial charge in [0.25, 0.3) is 0 Å². The zero-order chi connectivity index (χ0) is 16.4. The van der Waals surface area contributed by atoms with Gasteiger partial charge in [0.1, 0.15) is 0 Å². The molecule has 0 radical (unpaired) electrons. The Balaban J connectivity index is 2.08. The van der Waals surface area contributed by atoms with Crippen molar-refractivity contribution in [2.75, 3.05) is 47.8 Å². The number of hydrogen-bond donors (Lipinski definition) is 1. The largest absolute Gasteiger partial charge is 0.369 e. The minimum atomic E-state index is -3.30. The number of sulfonamides is 2. The summed E-state index contributed by atoms with van der Waals surface area (Å²) in [7, 11) is -6.46. The van der Waals surface area contributed by atoms with Crippen molar-refractivity contribution in [3.63, 3.8) is 0 Å². The summed E-state index contributed by atoms with van der Waals surface area (Å²) >= 11 is 0. The molecule has 0 saturated carbocycles. The van der Waals surface area contributed by atoms with Gasteiger partial charge in [0.05, 0.1) is 17.7 Å². The standard InChI is InChI=1S/C13H21N3O4S2/c1-3-22(19,20)14-12-5-4-6-13(11-12)15-7-9-16(10-8-15)21(2,17)18/h4-6,11,14H,3,7-10H2,1-2H3. The number of nitrogens with zero attached hydrogens (tertiary/aromatic N) is 2. The van der Waals surface area contributed by atoms with E-state index in [9.17, 15) is 16.8 Å². The van der Waals surface area contributed by atoms with Crippen molar-refractivity contribution in [1.82, 2.24) is 4.31 Å². The Morgan fingerprint density at radius 1 is 1.09 bits per heavy atom. The first-order valence-corrected chi connectivity index (χ1v) is 10.5. The van der Waals surface area contributed by atoms with Crippen molar-refractivity contribution in [2.24, 2.45) is 0 Å². The molecule has 1 saturated heterocycles. The number of nitrogens with one attached hydrogen (secondary N) is 1. The van der Waals surface area contributed by atoms with E-state index in [0.29, 0.717) is 31.9 Å². The number of hydrogen-bond acceptors (Lipinski definition) is 5. The molecule has 0 atom stereocenters. The zero-order valence-corrected chi connectivity index (χ0v) is 14.3. The molecule has 7 nitrogen and oxygen atoms in total. The van der Waals surface area contributed by atoms with Gasteiger partial charge in [0.2, 0.25) is 20.0 Å². The predicted octanol–water partition coefficient (Wildman–Crippen LogP) is 0.530. The molecule has 1 aliphatic heterocycles. The summed E-state index contributed by atoms with van der Waals surface area (Å²) in [4.78, 5) is 2.05. The van der Waals surface area contributed by atoms with Gasteiger partial charge in [-0.1, -0.05) is 6.07 Å². The van der Waals surface area contributed by atoms with Gasteiger partial charge >= 0.3 is 0 Å². The molecular formula is C13H21N3O4S2. The molecule has 0 amide bonds. The van der Waals surface area contributed by atoms with Crippen LogP contribution in [0, 0.1) is 0 Å². The first kappa shape index (κ1) is 17.0. The Bertz CT molecular complexity index is 723. The molecule has 9 heteroatoms. The van der Waals surface area contributed by atoms with Gasteiger partial charge in [0, 0.05) is 31.9 Å². The van der Waals surface area contributed by atoms with Crippen LogP contribution in [0.25, 0.3) is 0 Å². The Hall–Kier alpha value is -1.32. The van der Waals surface area contributed by atoms with Crippen LogP contribution < -0.4 is 9.62 Å². The van der Waals surface area contributed by atoms with Crippen LogP contribution in [0.3, 0.4) is 0 Å². The van der Waals surface area contributed by atoms with Crippen LogP contribution in [0.1, 0.15) is 6.92 Å². The highest BCUT2D eigenvalue weighted by atomic mass is 32.2. The SMILES string of the molecule is CCS(=O)(=O)Nc1cccc(N2CCN(S(C)(=O)=O)CC2)c1. The lowest BCUT2D eigenvalue weighted by atomic mass is 10.2. The van der Waals surface area contributed by atoms with Crippen LogP contribution >= 0.6 is 0 Å². The van der Waals surface area contributed by atoms with Crippen LogP contribution in [0.4, 0.5) is 11.4 Å². The van der Waals surface area contributed by atoms with E-state index in [2.05, 4.69) is 4.72 Å². The quantitative estimate of drug-likeness (QED) is 0.840. The van der Waals surface area contributed by atoms with E-state index >= 15 is 0 Å². The molecule has 1 aromatic rings. The number of rotatable bonds is 5. The molecule has 1 fully saturated rings. The van der Waals surface area contributed by atoms with Gasteiger partial charge in [-0.15, -0.1) is 0 Å². The molecule has 0 aromatic heterocycles. The maximum Gasteiger partial charge on any atom is 0.232 e. The van der Waals surface area contributed by atoms with Gasteiger partial charge in [0.15, 0.2) is 0 Å². The third kappa shape index (κ3) is 4.34. The lowest BCUT2D eigenvalue weighted by Gasteiger charge is -2.34. The van der Waals surface area contributed by atoms with Crippen molar-refractivity contribution in [3.8, 4) is 0 Å². The van der Waals surface area contributed by atoms with Crippen molar-refractivity contribution in [3.05, 3.63) is 24.3 Å². The lowest BCUT2D eigenvalue weighted by molar-refractivity contribution is 0.388. The molecule has 2 rings (SSSR count). The highest BCUT2D eigenvalue weighted by Gasteiger charge is 2.23. The van der Waals surface area contributed by atoms with Crippen molar-refractivity contribution >= 4 is 31.4 Å². The van der Waals surface area contributed by atoms with E-state index in [-0.39, 0.29) is 5.75 Å². The van der Waals surface area contributed by atoms with Crippen LogP contribution in [0.15, 0.2) is 24.3 Å². The normalized spacial score (nSPS) is 17.5. The minimum absolute atomic E-state index is 0.0181. The second-order valence-corrected chi connectivity index (χ2v) is 9.20. The summed E-state index contributed by atoms with van der Waals surface area (Å²) in [5.41, 5.74) is 1.40. The zero-order valence-electron chi connectivity index (χ0n) is 12.7. The van der Waals surface area contributed by atoms with Gasteiger partial charge in [-0.05, 0) is 25.1 Å². The highest BCUT2D eigenvalue weighted by molar-refractivity contribution is 7.92. The molecule has 0 spiro atoms. The summed E-state index contributed by atoms with van der Waals surface area (Å²) < 4.78 is 50.2. The average molecular weight is 347 g/mol. The minimum Gasteiger partial charge on any atom is -0.369 e. The molecule has 1 N–H and O–H groups in total. The molecule has 1 aromatic carbocycles. The Kier molecular flexibility index (Phi) is 4.98. The van der Waals surface area contributed by atoms with Crippen LogP contribution in [0.5, 0.6) is 0 Å². The Labute approximate surface area is 132 Å². The van der Waals surface area contributed by atoms with Crippen molar-refractivity contribution in [2.45, 2.75) is 6.92 Å². The van der Waals surface area contributed by atoms with E-state index in [1.165, 1.54) is 10.6 Å². The molecular weight excluding hydrogens is 326 g/mol. The second kappa shape index (κ2) is 6.43. The first-order valence-electron chi connectivity index (χ1n) is 7.02. The van der Waals surface area contributed by atoms with E-state index < -0.39 is 20.0 Å². The number of anilines is 2. The molecule has 22 heavy (non-hydrogen) atoms. The molecule has 0 aliphatic carbocycles. The molecule has 1 aliphatic rings. The summed E-state index contributed by atoms with van der Waals surface area (Å²) in [5, 5.41) is 0. The fraction of sp³-hybridized carbons (Fsp3) is 0.538. The smallest absolute Gasteiger partial charge is 0.232 e. The van der Waals surface area contributed by atoms with Crippen molar-refractivity contribution < 1.29 is 16.8 Å². The highest BCUT2D eigenvalue weighted by Crippen LogP contribution is 2.22. The van der Waals surface area contributed by atoms with Gasteiger partial charge in [-0.3, -0.25) is 4.72 Å². The topological polar surface area (TPSA) is 86.8 Å². The number of piperazine rings is 1. The summed E-state index contributed by atoms with van der Waals surface area (Å²) in [6.07, 6.45) is 1.21. The maximum absolute atomic E-state index is 11.6. The average Bonchev–Trinajstić information content (AvgIpc) is 2.46. The first-order chi connectivity index (χ1) is 10.2. The summed E-state index contributed by atoms with van der Waals surface area (Å²) in [5.74, 6) is 0.0181. The van der Waals surface area contributed by atoms with E-state index in [1.54, 1.807) is 25.1 Å². The summed E-state index contributed by atoms with van der Waals surface area (Å²) in [6.45, 7) is 3.61. The number of benzene rings is 1. The van der Waals surface area contributed by atoms with Crippen molar-refractivity contribution in [1.29, 1.82) is 0 Å². The fourth-order valence-corrected chi connectivity index (χ4v) is 3.75. The monoisotopic (exact) mass is 347 g/mol. The van der Waals surface area contributed by atoms with Gasteiger partial charge in [-0.25, -0.2) is 16.8 Å².